The van der Waals surface area contributed by atoms with Gasteiger partial charge in [-0.25, -0.2) is 0 Å². The van der Waals surface area contributed by atoms with Crippen LogP contribution in [0.1, 0.15) is 6.92 Å². The van der Waals surface area contributed by atoms with Crippen LogP contribution in [0.25, 0.3) is 0 Å². The Labute approximate surface area is 87.4 Å². The zero-order chi connectivity index (χ0) is 10.6. The van der Waals surface area contributed by atoms with Crippen LogP contribution < -0.4 is 16.0 Å². The quantitative estimate of drug-likeness (QED) is 0.596. The molecule has 1 aliphatic heterocycles. The number of likely N-dealkylation sites (N-methyl/N-ethyl adjacent to an activating group) is 1. The van der Waals surface area contributed by atoms with Gasteiger partial charge in [0.1, 0.15) is 6.04 Å². The van der Waals surface area contributed by atoms with Crippen molar-refractivity contribution in [2.45, 2.75) is 19.0 Å². The van der Waals surface area contributed by atoms with Crippen LogP contribution in [0.2, 0.25) is 0 Å². The van der Waals surface area contributed by atoms with E-state index < -0.39 is 0 Å². The van der Waals surface area contributed by atoms with E-state index in [0.29, 0.717) is 12.3 Å². The molecule has 0 aliphatic carbocycles. The molecule has 1 fully saturated rings. The van der Waals surface area contributed by atoms with E-state index in [0.717, 1.165) is 11.8 Å². The van der Waals surface area contributed by atoms with Gasteiger partial charge in [-0.3, -0.25) is 9.59 Å². The van der Waals surface area contributed by atoms with Gasteiger partial charge in [0.05, 0.1) is 0 Å². The Morgan fingerprint density at radius 1 is 1.79 bits per heavy atom. The Kier molecular flexibility index (Phi) is 4.21. The van der Waals surface area contributed by atoms with Gasteiger partial charge in [0.25, 0.3) is 5.24 Å². The maximum Gasteiger partial charge on any atom is 0.279 e. The van der Waals surface area contributed by atoms with Gasteiger partial charge in [-0.2, -0.15) is 0 Å². The Bertz CT molecular complexity index is 235. The molecule has 3 N–H and O–H groups in total. The number of hydrogen-bond acceptors (Lipinski definition) is 4. The van der Waals surface area contributed by atoms with E-state index in [2.05, 4.69) is 16.0 Å². The van der Waals surface area contributed by atoms with Crippen molar-refractivity contribution in [2.24, 2.45) is 0 Å². The lowest BCUT2D eigenvalue weighted by molar-refractivity contribution is -0.122. The van der Waals surface area contributed by atoms with E-state index in [4.69, 9.17) is 0 Å². The first-order valence-corrected chi connectivity index (χ1v) is 5.50. The number of carbonyl (C=O) groups is 2. The second-order valence-electron chi connectivity index (χ2n) is 3.23. The van der Waals surface area contributed by atoms with Crippen LogP contribution >= 0.6 is 11.8 Å². The third-order valence-corrected chi connectivity index (χ3v) is 2.94. The minimum atomic E-state index is -0.364. The van der Waals surface area contributed by atoms with Crippen LogP contribution in [0.4, 0.5) is 4.79 Å². The van der Waals surface area contributed by atoms with Crippen molar-refractivity contribution < 1.29 is 9.59 Å². The second-order valence-corrected chi connectivity index (χ2v) is 4.22. The molecule has 5 nitrogen and oxygen atoms in total. The van der Waals surface area contributed by atoms with Crippen molar-refractivity contribution in [3.63, 3.8) is 0 Å². The van der Waals surface area contributed by atoms with Crippen LogP contribution in [-0.2, 0) is 4.79 Å². The van der Waals surface area contributed by atoms with Crippen LogP contribution in [0.5, 0.6) is 0 Å². The highest BCUT2D eigenvalue weighted by molar-refractivity contribution is 8.14. The summed E-state index contributed by atoms with van der Waals surface area (Å²) in [4.78, 5) is 22.3. The van der Waals surface area contributed by atoms with Crippen LogP contribution in [0.3, 0.4) is 0 Å². The maximum absolute atomic E-state index is 11.4. The van der Waals surface area contributed by atoms with E-state index in [9.17, 15) is 9.59 Å². The zero-order valence-electron chi connectivity index (χ0n) is 8.29. The Hall–Kier alpha value is -0.750. The molecule has 0 spiro atoms. The lowest BCUT2D eigenvalue weighted by Crippen LogP contribution is -2.46. The summed E-state index contributed by atoms with van der Waals surface area (Å²) >= 11 is 1.15. The third-order valence-electron chi connectivity index (χ3n) is 2.06. The molecule has 0 aromatic carbocycles. The van der Waals surface area contributed by atoms with Crippen molar-refractivity contribution in [2.75, 3.05) is 19.3 Å². The fraction of sp³-hybridized carbons (Fsp3) is 0.750. The SMILES string of the molecule is CNC(C)CNC(=O)[C@@H]1CSC(=O)N1. The van der Waals surface area contributed by atoms with E-state index in [1.165, 1.54) is 0 Å². The van der Waals surface area contributed by atoms with E-state index in [1.807, 2.05) is 14.0 Å². The number of thioether (sulfide) groups is 1. The highest BCUT2D eigenvalue weighted by Crippen LogP contribution is 2.12. The number of hydrogen-bond donors (Lipinski definition) is 3. The molecule has 0 aromatic heterocycles. The first-order chi connectivity index (χ1) is 6.63. The molecule has 0 aromatic rings. The lowest BCUT2D eigenvalue weighted by atomic mass is 10.3. The summed E-state index contributed by atoms with van der Waals surface area (Å²) in [6.45, 7) is 2.55. The smallest absolute Gasteiger partial charge is 0.279 e. The average Bonchev–Trinajstić information content (AvgIpc) is 2.60. The maximum atomic E-state index is 11.4. The molecule has 0 bridgehead atoms. The highest BCUT2D eigenvalue weighted by atomic mass is 32.2. The molecule has 1 rings (SSSR count). The summed E-state index contributed by atoms with van der Waals surface area (Å²) in [6, 6.07) is -0.125. The van der Waals surface area contributed by atoms with Crippen molar-refractivity contribution >= 4 is 22.9 Å². The number of rotatable bonds is 4. The normalized spacial score (nSPS) is 23.0. The minimum Gasteiger partial charge on any atom is -0.353 e. The summed E-state index contributed by atoms with van der Waals surface area (Å²) in [5.74, 6) is 0.420. The van der Waals surface area contributed by atoms with Gasteiger partial charge in [-0.1, -0.05) is 11.8 Å². The molecule has 2 amide bonds. The van der Waals surface area contributed by atoms with Crippen molar-refractivity contribution in [3.05, 3.63) is 0 Å². The van der Waals surface area contributed by atoms with Crippen LogP contribution in [0.15, 0.2) is 0 Å². The molecular weight excluding hydrogens is 202 g/mol. The molecule has 0 saturated carbocycles. The van der Waals surface area contributed by atoms with Crippen molar-refractivity contribution in [3.8, 4) is 0 Å². The van der Waals surface area contributed by atoms with Gasteiger partial charge < -0.3 is 16.0 Å². The Balaban J connectivity index is 2.25. The largest absolute Gasteiger partial charge is 0.353 e. The summed E-state index contributed by atoms with van der Waals surface area (Å²) in [7, 11) is 1.84. The average molecular weight is 217 g/mol. The fourth-order valence-corrected chi connectivity index (χ4v) is 1.78. The Morgan fingerprint density at radius 3 is 3.00 bits per heavy atom. The first kappa shape index (κ1) is 11.3. The standard InChI is InChI=1S/C8H15N3O2S/c1-5(9-2)3-10-7(12)6-4-14-8(13)11-6/h5-6,9H,3-4H2,1-2H3,(H,10,12)(H,11,13)/t5?,6-/m0/s1. The predicted molar refractivity (Wildman–Crippen MR) is 56.3 cm³/mol. The van der Waals surface area contributed by atoms with Gasteiger partial charge >= 0.3 is 0 Å². The van der Waals surface area contributed by atoms with Gasteiger partial charge in [0.2, 0.25) is 5.91 Å². The van der Waals surface area contributed by atoms with Crippen LogP contribution in [0, 0.1) is 0 Å². The van der Waals surface area contributed by atoms with Gasteiger partial charge in [-0.15, -0.1) is 0 Å². The molecule has 0 radical (unpaired) electrons. The summed E-state index contributed by atoms with van der Waals surface area (Å²) in [5.41, 5.74) is 0. The molecular formula is C8H15N3O2S. The minimum absolute atomic E-state index is 0.106. The molecule has 6 heteroatoms. The van der Waals surface area contributed by atoms with Crippen LogP contribution in [-0.4, -0.2) is 42.6 Å². The van der Waals surface area contributed by atoms with Crippen molar-refractivity contribution in [1.29, 1.82) is 0 Å². The third kappa shape index (κ3) is 3.19. The summed E-state index contributed by atoms with van der Waals surface area (Å²) in [6.07, 6.45) is 0. The molecule has 1 unspecified atom stereocenters. The number of carbonyl (C=O) groups excluding carboxylic acids is 2. The van der Waals surface area contributed by atoms with E-state index in [1.54, 1.807) is 0 Å². The molecule has 14 heavy (non-hydrogen) atoms. The van der Waals surface area contributed by atoms with Gasteiger partial charge in [0, 0.05) is 18.3 Å². The van der Waals surface area contributed by atoms with Crippen molar-refractivity contribution in [1.82, 2.24) is 16.0 Å². The second kappa shape index (κ2) is 5.21. The van der Waals surface area contributed by atoms with Gasteiger partial charge in [-0.05, 0) is 14.0 Å². The molecule has 2 atom stereocenters. The molecule has 80 valence electrons. The lowest BCUT2D eigenvalue weighted by Gasteiger charge is -2.14. The highest BCUT2D eigenvalue weighted by Gasteiger charge is 2.27. The zero-order valence-corrected chi connectivity index (χ0v) is 9.11. The topological polar surface area (TPSA) is 70.2 Å². The molecule has 1 saturated heterocycles. The first-order valence-electron chi connectivity index (χ1n) is 4.51. The molecule has 1 aliphatic rings. The Morgan fingerprint density at radius 2 is 2.50 bits per heavy atom. The number of nitrogens with one attached hydrogen (secondary N) is 3. The fourth-order valence-electron chi connectivity index (χ4n) is 1.00. The van der Waals surface area contributed by atoms with E-state index >= 15 is 0 Å². The number of amides is 2. The summed E-state index contributed by atoms with van der Waals surface area (Å²) in [5, 5.41) is 8.25. The van der Waals surface area contributed by atoms with Gasteiger partial charge in [0.15, 0.2) is 0 Å². The predicted octanol–water partition coefficient (Wildman–Crippen LogP) is -0.464. The monoisotopic (exact) mass is 217 g/mol. The molecule has 1 heterocycles. The summed E-state index contributed by atoms with van der Waals surface area (Å²) < 4.78 is 0. The van der Waals surface area contributed by atoms with E-state index in [-0.39, 0.29) is 23.2 Å².